The van der Waals surface area contributed by atoms with Gasteiger partial charge in [0.15, 0.2) is 0 Å². The summed E-state index contributed by atoms with van der Waals surface area (Å²) in [5.74, 6) is 0.728. The van der Waals surface area contributed by atoms with Crippen LogP contribution in [0.1, 0.15) is 21.7 Å². The zero-order valence-corrected chi connectivity index (χ0v) is 15.0. The third-order valence-corrected chi connectivity index (χ3v) is 4.57. The highest BCUT2D eigenvalue weighted by atomic mass is 32.1. The molecule has 0 fully saturated rings. The van der Waals surface area contributed by atoms with Gasteiger partial charge in [-0.25, -0.2) is 0 Å². The van der Waals surface area contributed by atoms with Crippen LogP contribution in [0.5, 0.6) is 5.75 Å². The maximum atomic E-state index is 12.1. The van der Waals surface area contributed by atoms with Crippen LogP contribution in [0.25, 0.3) is 0 Å². The van der Waals surface area contributed by atoms with Crippen molar-refractivity contribution in [2.45, 2.75) is 19.8 Å². The fourth-order valence-corrected chi connectivity index (χ4v) is 3.22. The van der Waals surface area contributed by atoms with Crippen molar-refractivity contribution in [3.8, 4) is 5.75 Å². The van der Waals surface area contributed by atoms with Gasteiger partial charge < -0.3 is 10.1 Å². The topological polar surface area (TPSA) is 64.1 Å². The molecule has 1 N–H and O–H groups in total. The lowest BCUT2D eigenvalue weighted by Gasteiger charge is -2.05. The number of hydrogen-bond acceptors (Lipinski definition) is 5. The second kappa shape index (κ2) is 7.90. The number of nitrogens with one attached hydrogen (secondary N) is 1. The number of nitrogens with zero attached hydrogens (tertiary/aromatic N) is 2. The Hall–Kier alpha value is -2.73. The molecule has 2 aromatic carbocycles. The maximum Gasteiger partial charge on any atom is 0.230 e. The summed E-state index contributed by atoms with van der Waals surface area (Å²) in [6.45, 7) is 2.02. The first kappa shape index (κ1) is 17.1. The molecule has 3 rings (SSSR count). The van der Waals surface area contributed by atoms with E-state index in [-0.39, 0.29) is 5.91 Å². The van der Waals surface area contributed by atoms with Crippen molar-refractivity contribution in [2.75, 3.05) is 12.4 Å². The molecule has 0 atom stereocenters. The van der Waals surface area contributed by atoms with E-state index in [2.05, 4.69) is 15.5 Å². The number of rotatable bonds is 6. The SMILES string of the molecule is COc1ccccc1Cc1nnc(NC(=O)Cc2ccc(C)cc2)s1. The molecule has 0 saturated heterocycles. The summed E-state index contributed by atoms with van der Waals surface area (Å²) in [4.78, 5) is 12.1. The molecular formula is C19H19N3O2S. The lowest BCUT2D eigenvalue weighted by atomic mass is 10.1. The first-order chi connectivity index (χ1) is 12.1. The summed E-state index contributed by atoms with van der Waals surface area (Å²) in [5, 5.41) is 12.4. The van der Waals surface area contributed by atoms with Gasteiger partial charge in [-0.2, -0.15) is 0 Å². The minimum Gasteiger partial charge on any atom is -0.496 e. The smallest absolute Gasteiger partial charge is 0.230 e. The van der Waals surface area contributed by atoms with E-state index < -0.39 is 0 Å². The molecule has 0 saturated carbocycles. The molecule has 0 spiro atoms. The number of aromatic nitrogens is 2. The monoisotopic (exact) mass is 353 g/mol. The van der Waals surface area contributed by atoms with Gasteiger partial charge in [0.2, 0.25) is 11.0 Å². The fraction of sp³-hybridized carbons (Fsp3) is 0.211. The highest BCUT2D eigenvalue weighted by Crippen LogP contribution is 2.24. The molecule has 0 radical (unpaired) electrons. The lowest BCUT2D eigenvalue weighted by Crippen LogP contribution is -2.14. The van der Waals surface area contributed by atoms with Gasteiger partial charge in [0, 0.05) is 12.0 Å². The predicted octanol–water partition coefficient (Wildman–Crippen LogP) is 3.63. The fourth-order valence-electron chi connectivity index (χ4n) is 2.44. The molecule has 25 heavy (non-hydrogen) atoms. The van der Waals surface area contributed by atoms with Crippen molar-refractivity contribution in [3.05, 3.63) is 70.2 Å². The van der Waals surface area contributed by atoms with Gasteiger partial charge in [0.25, 0.3) is 0 Å². The number of anilines is 1. The Morgan fingerprint density at radius 3 is 2.64 bits per heavy atom. The summed E-state index contributed by atoms with van der Waals surface area (Å²) >= 11 is 1.38. The van der Waals surface area contributed by atoms with Gasteiger partial charge in [-0.3, -0.25) is 4.79 Å². The van der Waals surface area contributed by atoms with Crippen LogP contribution in [0, 0.1) is 6.92 Å². The van der Waals surface area contributed by atoms with Crippen molar-refractivity contribution < 1.29 is 9.53 Å². The molecule has 0 bridgehead atoms. The quantitative estimate of drug-likeness (QED) is 0.735. The number of carbonyl (C=O) groups is 1. The maximum absolute atomic E-state index is 12.1. The third-order valence-electron chi connectivity index (χ3n) is 3.73. The summed E-state index contributed by atoms with van der Waals surface area (Å²) in [5.41, 5.74) is 3.19. The predicted molar refractivity (Wildman–Crippen MR) is 99.2 cm³/mol. The Balaban J connectivity index is 1.61. The number of hydrogen-bond donors (Lipinski definition) is 1. The molecule has 128 valence electrons. The Labute approximate surface area is 150 Å². The van der Waals surface area contributed by atoms with Crippen LogP contribution in [0.2, 0.25) is 0 Å². The molecule has 1 heterocycles. The first-order valence-electron chi connectivity index (χ1n) is 7.93. The molecule has 0 unspecified atom stereocenters. The van der Waals surface area contributed by atoms with Crippen molar-refractivity contribution in [1.29, 1.82) is 0 Å². The average molecular weight is 353 g/mol. The van der Waals surface area contributed by atoms with E-state index in [1.165, 1.54) is 16.9 Å². The van der Waals surface area contributed by atoms with Crippen LogP contribution in [0.15, 0.2) is 48.5 Å². The lowest BCUT2D eigenvalue weighted by molar-refractivity contribution is -0.115. The number of benzene rings is 2. The minimum absolute atomic E-state index is 0.0937. The van der Waals surface area contributed by atoms with E-state index in [0.717, 1.165) is 21.9 Å². The van der Waals surface area contributed by atoms with Gasteiger partial charge >= 0.3 is 0 Å². The minimum atomic E-state index is -0.0937. The number of para-hydroxylation sites is 1. The van der Waals surface area contributed by atoms with Crippen LogP contribution in [0.4, 0.5) is 5.13 Å². The molecule has 6 heteroatoms. The van der Waals surface area contributed by atoms with E-state index in [4.69, 9.17) is 4.74 Å². The Kier molecular flexibility index (Phi) is 5.40. The zero-order valence-electron chi connectivity index (χ0n) is 14.2. The summed E-state index contributed by atoms with van der Waals surface area (Å²) in [6, 6.07) is 15.7. The van der Waals surface area contributed by atoms with Crippen molar-refractivity contribution in [3.63, 3.8) is 0 Å². The highest BCUT2D eigenvalue weighted by Gasteiger charge is 2.11. The third kappa shape index (κ3) is 4.64. The molecule has 5 nitrogen and oxygen atoms in total. The van der Waals surface area contributed by atoms with E-state index in [1.807, 2.05) is 55.5 Å². The second-order valence-electron chi connectivity index (χ2n) is 5.70. The van der Waals surface area contributed by atoms with Crippen LogP contribution in [-0.2, 0) is 17.6 Å². The summed E-state index contributed by atoms with van der Waals surface area (Å²) < 4.78 is 5.35. The summed E-state index contributed by atoms with van der Waals surface area (Å²) in [6.07, 6.45) is 0.942. The van der Waals surface area contributed by atoms with Crippen molar-refractivity contribution in [2.24, 2.45) is 0 Å². The van der Waals surface area contributed by atoms with Crippen molar-refractivity contribution in [1.82, 2.24) is 10.2 Å². The molecular weight excluding hydrogens is 334 g/mol. The molecule has 3 aromatic rings. The van der Waals surface area contributed by atoms with Gasteiger partial charge in [0.05, 0.1) is 13.5 Å². The second-order valence-corrected chi connectivity index (χ2v) is 6.76. The first-order valence-corrected chi connectivity index (χ1v) is 8.75. The standard InChI is InChI=1S/C19H19N3O2S/c1-13-7-9-14(10-8-13)11-17(23)20-19-22-21-18(25-19)12-15-5-3-4-6-16(15)24-2/h3-10H,11-12H2,1-2H3,(H,20,22,23). The van der Waals surface area contributed by atoms with E-state index in [9.17, 15) is 4.79 Å². The summed E-state index contributed by atoms with van der Waals surface area (Å²) in [7, 11) is 1.65. The number of aryl methyl sites for hydroxylation is 1. The Morgan fingerprint density at radius 1 is 1.12 bits per heavy atom. The Morgan fingerprint density at radius 2 is 1.88 bits per heavy atom. The van der Waals surface area contributed by atoms with E-state index in [0.29, 0.717) is 18.0 Å². The zero-order chi connectivity index (χ0) is 17.6. The van der Waals surface area contributed by atoms with Gasteiger partial charge in [-0.15, -0.1) is 10.2 Å². The van der Waals surface area contributed by atoms with Gasteiger partial charge in [-0.05, 0) is 18.6 Å². The number of amides is 1. The normalized spacial score (nSPS) is 10.5. The molecule has 1 amide bonds. The molecule has 0 aliphatic carbocycles. The van der Waals surface area contributed by atoms with Crippen LogP contribution < -0.4 is 10.1 Å². The van der Waals surface area contributed by atoms with Crippen LogP contribution in [0.3, 0.4) is 0 Å². The van der Waals surface area contributed by atoms with Crippen LogP contribution >= 0.6 is 11.3 Å². The number of carbonyl (C=O) groups excluding carboxylic acids is 1. The van der Waals surface area contributed by atoms with Crippen molar-refractivity contribution >= 4 is 22.4 Å². The number of methoxy groups -OCH3 is 1. The molecule has 1 aromatic heterocycles. The van der Waals surface area contributed by atoms with Gasteiger partial charge in [0.1, 0.15) is 10.8 Å². The number of ether oxygens (including phenoxy) is 1. The average Bonchev–Trinajstić information content (AvgIpc) is 3.04. The molecule has 0 aliphatic rings. The van der Waals surface area contributed by atoms with Crippen LogP contribution in [-0.4, -0.2) is 23.2 Å². The largest absolute Gasteiger partial charge is 0.496 e. The van der Waals surface area contributed by atoms with E-state index in [1.54, 1.807) is 7.11 Å². The van der Waals surface area contributed by atoms with E-state index >= 15 is 0 Å². The highest BCUT2D eigenvalue weighted by molar-refractivity contribution is 7.15. The van der Waals surface area contributed by atoms with Gasteiger partial charge in [-0.1, -0.05) is 59.4 Å². The molecule has 0 aliphatic heterocycles. The Bertz CT molecular complexity index is 859.